The largest absolute Gasteiger partial charge is 0.455 e. The van der Waals surface area contributed by atoms with Crippen LogP contribution in [-0.2, 0) is 4.79 Å². The van der Waals surface area contributed by atoms with E-state index in [0.717, 1.165) is 11.3 Å². The standard InChI is InChI=1S/C13H12N2O3/c16-9-13(17)15-14-8-11-6-7-12(18-11)10-4-2-1-3-5-10/h1-8,16H,9H2,(H,15,17). The number of amides is 1. The number of hydrogen-bond acceptors (Lipinski definition) is 4. The van der Waals surface area contributed by atoms with E-state index in [1.54, 1.807) is 6.07 Å². The van der Waals surface area contributed by atoms with Crippen LogP contribution in [0.2, 0.25) is 0 Å². The summed E-state index contributed by atoms with van der Waals surface area (Å²) in [5.74, 6) is 0.679. The Hall–Kier alpha value is -2.40. The van der Waals surface area contributed by atoms with Crippen LogP contribution in [0.5, 0.6) is 0 Å². The molecular weight excluding hydrogens is 232 g/mol. The van der Waals surface area contributed by atoms with Crippen LogP contribution in [0, 0.1) is 0 Å². The van der Waals surface area contributed by atoms with Gasteiger partial charge >= 0.3 is 0 Å². The molecule has 1 amide bonds. The molecule has 5 nitrogen and oxygen atoms in total. The lowest BCUT2D eigenvalue weighted by Gasteiger charge is -1.95. The minimum absolute atomic E-state index is 0.520. The average molecular weight is 244 g/mol. The minimum Gasteiger partial charge on any atom is -0.455 e. The van der Waals surface area contributed by atoms with E-state index < -0.39 is 12.5 Å². The summed E-state index contributed by atoms with van der Waals surface area (Å²) in [7, 11) is 0. The molecule has 2 N–H and O–H groups in total. The quantitative estimate of drug-likeness (QED) is 0.630. The van der Waals surface area contributed by atoms with Crippen LogP contribution in [-0.4, -0.2) is 23.8 Å². The van der Waals surface area contributed by atoms with Gasteiger partial charge in [0.05, 0.1) is 6.21 Å². The molecule has 0 aliphatic rings. The molecule has 0 radical (unpaired) electrons. The van der Waals surface area contributed by atoms with Gasteiger partial charge in [-0.15, -0.1) is 0 Å². The molecule has 0 atom stereocenters. The van der Waals surface area contributed by atoms with E-state index in [0.29, 0.717) is 5.76 Å². The molecule has 0 aliphatic carbocycles. The number of carbonyl (C=O) groups is 1. The molecule has 0 spiro atoms. The van der Waals surface area contributed by atoms with Gasteiger partial charge in [0.15, 0.2) is 0 Å². The molecule has 0 fully saturated rings. The first-order valence-corrected chi connectivity index (χ1v) is 5.37. The van der Waals surface area contributed by atoms with Crippen molar-refractivity contribution in [2.45, 2.75) is 0 Å². The number of carbonyl (C=O) groups excluding carboxylic acids is 1. The van der Waals surface area contributed by atoms with Crippen molar-refractivity contribution < 1.29 is 14.3 Å². The van der Waals surface area contributed by atoms with Crippen molar-refractivity contribution in [1.82, 2.24) is 5.43 Å². The predicted octanol–water partition coefficient (Wildman–Crippen LogP) is 1.39. The molecule has 0 saturated carbocycles. The van der Waals surface area contributed by atoms with Gasteiger partial charge in [-0.2, -0.15) is 5.10 Å². The van der Waals surface area contributed by atoms with Gasteiger partial charge in [0.2, 0.25) is 0 Å². The highest BCUT2D eigenvalue weighted by molar-refractivity contribution is 5.81. The number of rotatable bonds is 4. The molecule has 1 heterocycles. The SMILES string of the molecule is O=C(CO)NN=Cc1ccc(-c2ccccc2)o1. The fraction of sp³-hybridized carbons (Fsp3) is 0.0769. The maximum atomic E-state index is 10.7. The number of aliphatic hydroxyl groups is 1. The number of hydrazone groups is 1. The molecule has 5 heteroatoms. The molecule has 0 saturated heterocycles. The van der Waals surface area contributed by atoms with Crippen LogP contribution >= 0.6 is 0 Å². The van der Waals surface area contributed by atoms with E-state index in [4.69, 9.17) is 9.52 Å². The second-order valence-electron chi connectivity index (χ2n) is 3.52. The van der Waals surface area contributed by atoms with E-state index in [-0.39, 0.29) is 0 Å². The summed E-state index contributed by atoms with van der Waals surface area (Å²) >= 11 is 0. The third kappa shape index (κ3) is 3.05. The monoisotopic (exact) mass is 244 g/mol. The number of benzene rings is 1. The maximum Gasteiger partial charge on any atom is 0.265 e. The third-order valence-electron chi connectivity index (χ3n) is 2.21. The summed E-state index contributed by atoms with van der Waals surface area (Å²) in [6.07, 6.45) is 1.38. The maximum absolute atomic E-state index is 10.7. The predicted molar refractivity (Wildman–Crippen MR) is 67.0 cm³/mol. The van der Waals surface area contributed by atoms with E-state index in [1.165, 1.54) is 6.21 Å². The summed E-state index contributed by atoms with van der Waals surface area (Å²) in [6.45, 7) is -0.592. The normalized spacial score (nSPS) is 10.7. The van der Waals surface area contributed by atoms with Gasteiger partial charge in [0, 0.05) is 5.56 Å². The summed E-state index contributed by atoms with van der Waals surface area (Å²) < 4.78 is 5.52. The molecule has 18 heavy (non-hydrogen) atoms. The molecule has 1 aromatic heterocycles. The molecule has 92 valence electrons. The fourth-order valence-electron chi connectivity index (χ4n) is 1.38. The Kier molecular flexibility index (Phi) is 3.88. The van der Waals surface area contributed by atoms with Gasteiger partial charge in [-0.05, 0) is 12.1 Å². The highest BCUT2D eigenvalue weighted by atomic mass is 16.3. The molecule has 0 bridgehead atoms. The molecule has 0 aliphatic heterocycles. The highest BCUT2D eigenvalue weighted by Crippen LogP contribution is 2.20. The van der Waals surface area contributed by atoms with E-state index in [1.807, 2.05) is 36.4 Å². The van der Waals surface area contributed by atoms with Crippen LogP contribution in [0.4, 0.5) is 0 Å². The van der Waals surface area contributed by atoms with Crippen LogP contribution < -0.4 is 5.43 Å². The zero-order valence-electron chi connectivity index (χ0n) is 9.54. The Morgan fingerprint density at radius 3 is 2.78 bits per heavy atom. The summed E-state index contributed by atoms with van der Waals surface area (Å²) in [6, 6.07) is 13.2. The van der Waals surface area contributed by atoms with Crippen molar-refractivity contribution in [3.05, 3.63) is 48.2 Å². The Morgan fingerprint density at radius 1 is 1.28 bits per heavy atom. The van der Waals surface area contributed by atoms with Crippen molar-refractivity contribution in [3.8, 4) is 11.3 Å². The first-order valence-electron chi connectivity index (χ1n) is 5.37. The zero-order chi connectivity index (χ0) is 12.8. The number of nitrogens with one attached hydrogen (secondary N) is 1. The van der Waals surface area contributed by atoms with Gasteiger partial charge in [-0.3, -0.25) is 4.79 Å². The number of furan rings is 1. The van der Waals surface area contributed by atoms with Gasteiger partial charge in [0.1, 0.15) is 18.1 Å². The van der Waals surface area contributed by atoms with Crippen molar-refractivity contribution in [3.63, 3.8) is 0 Å². The molecule has 1 aromatic carbocycles. The van der Waals surface area contributed by atoms with Crippen LogP contribution in [0.25, 0.3) is 11.3 Å². The van der Waals surface area contributed by atoms with Crippen LogP contribution in [0.1, 0.15) is 5.76 Å². The Balaban J connectivity index is 2.05. The van der Waals surface area contributed by atoms with Crippen molar-refractivity contribution in [1.29, 1.82) is 0 Å². The summed E-state index contributed by atoms with van der Waals surface area (Å²) in [5.41, 5.74) is 3.12. The minimum atomic E-state index is -0.592. The van der Waals surface area contributed by atoms with Crippen molar-refractivity contribution >= 4 is 12.1 Å². The molecule has 2 rings (SSSR count). The van der Waals surface area contributed by atoms with E-state index in [2.05, 4.69) is 10.5 Å². The zero-order valence-corrected chi connectivity index (χ0v) is 9.54. The van der Waals surface area contributed by atoms with Gasteiger partial charge in [-0.1, -0.05) is 30.3 Å². The van der Waals surface area contributed by atoms with Gasteiger partial charge < -0.3 is 9.52 Å². The average Bonchev–Trinajstić information content (AvgIpc) is 2.88. The van der Waals surface area contributed by atoms with Gasteiger partial charge in [-0.25, -0.2) is 5.43 Å². The molecule has 0 unspecified atom stereocenters. The lowest BCUT2D eigenvalue weighted by atomic mass is 10.2. The number of aliphatic hydroxyl groups excluding tert-OH is 1. The second kappa shape index (κ2) is 5.79. The smallest absolute Gasteiger partial charge is 0.265 e. The van der Waals surface area contributed by atoms with E-state index in [9.17, 15) is 4.79 Å². The van der Waals surface area contributed by atoms with Crippen molar-refractivity contribution in [2.24, 2.45) is 5.10 Å². The second-order valence-corrected chi connectivity index (χ2v) is 3.52. The Labute approximate surface area is 104 Å². The topological polar surface area (TPSA) is 74.8 Å². The lowest BCUT2D eigenvalue weighted by Crippen LogP contribution is -2.20. The van der Waals surface area contributed by atoms with Crippen molar-refractivity contribution in [2.75, 3.05) is 6.61 Å². The number of hydrogen-bond donors (Lipinski definition) is 2. The highest BCUT2D eigenvalue weighted by Gasteiger charge is 2.02. The molecular formula is C13H12N2O3. The van der Waals surface area contributed by atoms with Crippen LogP contribution in [0.15, 0.2) is 52.0 Å². The van der Waals surface area contributed by atoms with E-state index >= 15 is 0 Å². The van der Waals surface area contributed by atoms with Gasteiger partial charge in [0.25, 0.3) is 5.91 Å². The third-order valence-corrected chi connectivity index (χ3v) is 2.21. The first kappa shape index (κ1) is 12.1. The Bertz CT molecular complexity index is 546. The molecule has 2 aromatic rings. The van der Waals surface area contributed by atoms with Crippen LogP contribution in [0.3, 0.4) is 0 Å². The lowest BCUT2D eigenvalue weighted by molar-refractivity contribution is -0.123. The first-order chi connectivity index (χ1) is 8.79. The Morgan fingerprint density at radius 2 is 2.06 bits per heavy atom. The fourth-order valence-corrected chi connectivity index (χ4v) is 1.38. The number of nitrogens with zero attached hydrogens (tertiary/aromatic N) is 1. The summed E-state index contributed by atoms with van der Waals surface area (Å²) in [5, 5.41) is 12.1. The summed E-state index contributed by atoms with van der Waals surface area (Å²) in [4.78, 5) is 10.7.